The van der Waals surface area contributed by atoms with Crippen LogP contribution in [0.5, 0.6) is 5.75 Å². The van der Waals surface area contributed by atoms with Crippen LogP contribution < -0.4 is 4.74 Å². The first-order chi connectivity index (χ1) is 13.5. The standard InChI is InChI=1S/C20H17BrN2O4S/c1-11-15(23-20(27-11)17-4-5-18(21)28-17)6-7-26-13-2-3-16-14(9-13)12(10-22-16)8-19(24)25/h2-5,9-10,22H,6-8H2,1H3,(H,24,25). The van der Waals surface area contributed by atoms with E-state index >= 15 is 0 Å². The zero-order valence-corrected chi connectivity index (χ0v) is 17.4. The van der Waals surface area contributed by atoms with Gasteiger partial charge in [-0.3, -0.25) is 4.79 Å². The number of nitrogens with one attached hydrogen (secondary N) is 1. The summed E-state index contributed by atoms with van der Waals surface area (Å²) in [6.07, 6.45) is 2.32. The van der Waals surface area contributed by atoms with Gasteiger partial charge < -0.3 is 19.2 Å². The number of aromatic nitrogens is 2. The third kappa shape index (κ3) is 3.98. The number of carboxylic acid groups (broad SMARTS) is 1. The number of rotatable bonds is 7. The molecule has 0 fully saturated rings. The highest BCUT2D eigenvalue weighted by Gasteiger charge is 2.14. The molecule has 0 unspecified atom stereocenters. The monoisotopic (exact) mass is 460 g/mol. The second kappa shape index (κ2) is 7.81. The number of fused-ring (bicyclic) bond motifs is 1. The Labute approximate surface area is 173 Å². The molecule has 6 nitrogen and oxygen atoms in total. The second-order valence-electron chi connectivity index (χ2n) is 6.32. The molecule has 0 spiro atoms. The number of carbonyl (C=O) groups is 1. The summed E-state index contributed by atoms with van der Waals surface area (Å²) >= 11 is 5.02. The minimum atomic E-state index is -0.859. The van der Waals surface area contributed by atoms with E-state index in [1.165, 1.54) is 0 Å². The van der Waals surface area contributed by atoms with Gasteiger partial charge in [-0.2, -0.15) is 0 Å². The zero-order valence-electron chi connectivity index (χ0n) is 15.0. The van der Waals surface area contributed by atoms with Gasteiger partial charge in [-0.25, -0.2) is 4.98 Å². The second-order valence-corrected chi connectivity index (χ2v) is 8.78. The van der Waals surface area contributed by atoms with Gasteiger partial charge in [0, 0.05) is 23.5 Å². The fraction of sp³-hybridized carbons (Fsp3) is 0.200. The van der Waals surface area contributed by atoms with E-state index in [0.717, 1.165) is 36.6 Å². The average Bonchev–Trinajstić information content (AvgIpc) is 3.35. The van der Waals surface area contributed by atoms with Crippen molar-refractivity contribution < 1.29 is 19.1 Å². The van der Waals surface area contributed by atoms with Crippen LogP contribution in [0.25, 0.3) is 21.7 Å². The highest BCUT2D eigenvalue weighted by atomic mass is 79.9. The van der Waals surface area contributed by atoms with E-state index in [-0.39, 0.29) is 6.42 Å². The van der Waals surface area contributed by atoms with Gasteiger partial charge in [0.1, 0.15) is 11.5 Å². The van der Waals surface area contributed by atoms with E-state index in [0.29, 0.717) is 24.7 Å². The van der Waals surface area contributed by atoms with Crippen LogP contribution in [0.1, 0.15) is 17.0 Å². The largest absolute Gasteiger partial charge is 0.493 e. The smallest absolute Gasteiger partial charge is 0.307 e. The molecule has 4 aromatic rings. The molecule has 0 atom stereocenters. The summed E-state index contributed by atoms with van der Waals surface area (Å²) in [6.45, 7) is 2.35. The average molecular weight is 461 g/mol. The first-order valence-electron chi connectivity index (χ1n) is 8.66. The van der Waals surface area contributed by atoms with Crippen LogP contribution >= 0.6 is 27.3 Å². The Bertz CT molecular complexity index is 1140. The molecule has 0 saturated heterocycles. The number of hydrogen-bond acceptors (Lipinski definition) is 5. The van der Waals surface area contributed by atoms with Crippen molar-refractivity contribution in [1.82, 2.24) is 9.97 Å². The SMILES string of the molecule is Cc1oc(-c2ccc(Br)s2)nc1CCOc1ccc2[nH]cc(CC(=O)O)c2c1. The molecule has 0 saturated carbocycles. The molecule has 0 aliphatic heterocycles. The predicted molar refractivity (Wildman–Crippen MR) is 111 cm³/mol. The fourth-order valence-electron chi connectivity index (χ4n) is 3.02. The molecule has 0 aliphatic carbocycles. The number of nitrogens with zero attached hydrogens (tertiary/aromatic N) is 1. The van der Waals surface area contributed by atoms with E-state index < -0.39 is 5.97 Å². The first-order valence-corrected chi connectivity index (χ1v) is 10.3. The number of aromatic amines is 1. The zero-order chi connectivity index (χ0) is 19.7. The lowest BCUT2D eigenvalue weighted by Gasteiger charge is -2.06. The van der Waals surface area contributed by atoms with E-state index in [9.17, 15) is 4.79 Å². The summed E-state index contributed by atoms with van der Waals surface area (Å²) in [5.41, 5.74) is 2.50. The van der Waals surface area contributed by atoms with Gasteiger partial charge in [-0.1, -0.05) is 0 Å². The van der Waals surface area contributed by atoms with Crippen molar-refractivity contribution in [2.75, 3.05) is 6.61 Å². The van der Waals surface area contributed by atoms with Gasteiger partial charge in [0.25, 0.3) is 0 Å². The molecule has 0 aliphatic rings. The maximum absolute atomic E-state index is 11.0. The summed E-state index contributed by atoms with van der Waals surface area (Å²) in [5.74, 6) is 1.24. The van der Waals surface area contributed by atoms with Gasteiger partial charge in [0.2, 0.25) is 5.89 Å². The lowest BCUT2D eigenvalue weighted by Crippen LogP contribution is -2.03. The number of oxazole rings is 1. The lowest BCUT2D eigenvalue weighted by molar-refractivity contribution is -0.136. The van der Waals surface area contributed by atoms with Crippen molar-refractivity contribution in [3.8, 4) is 16.5 Å². The Morgan fingerprint density at radius 3 is 2.96 bits per heavy atom. The maximum Gasteiger partial charge on any atom is 0.307 e. The molecule has 3 heterocycles. The van der Waals surface area contributed by atoms with E-state index in [2.05, 4.69) is 25.9 Å². The summed E-state index contributed by atoms with van der Waals surface area (Å²) in [4.78, 5) is 19.6. The highest BCUT2D eigenvalue weighted by molar-refractivity contribution is 9.11. The molecule has 144 valence electrons. The Balaban J connectivity index is 1.44. The van der Waals surface area contributed by atoms with Crippen molar-refractivity contribution in [2.45, 2.75) is 19.8 Å². The van der Waals surface area contributed by atoms with Crippen LogP contribution in [-0.2, 0) is 17.6 Å². The summed E-state index contributed by atoms with van der Waals surface area (Å²) in [5, 5.41) is 9.89. The van der Waals surface area contributed by atoms with Gasteiger partial charge >= 0.3 is 5.97 Å². The highest BCUT2D eigenvalue weighted by Crippen LogP contribution is 2.32. The molecule has 4 rings (SSSR count). The third-order valence-electron chi connectivity index (χ3n) is 4.36. The minimum absolute atomic E-state index is 0.0246. The number of aliphatic carboxylic acids is 1. The Kier molecular flexibility index (Phi) is 5.23. The van der Waals surface area contributed by atoms with Gasteiger partial charge in [0.05, 0.1) is 27.4 Å². The number of H-pyrrole nitrogens is 1. The molecular formula is C20H17BrN2O4S. The summed E-state index contributed by atoms with van der Waals surface area (Å²) < 4.78 is 12.7. The molecule has 2 N–H and O–H groups in total. The van der Waals surface area contributed by atoms with Crippen LogP contribution in [-0.4, -0.2) is 27.7 Å². The van der Waals surface area contributed by atoms with E-state index in [1.807, 2.05) is 37.3 Å². The minimum Gasteiger partial charge on any atom is -0.493 e. The number of hydrogen-bond donors (Lipinski definition) is 2. The van der Waals surface area contributed by atoms with E-state index in [4.69, 9.17) is 14.3 Å². The first kappa shape index (κ1) is 18.8. The lowest BCUT2D eigenvalue weighted by atomic mass is 10.1. The van der Waals surface area contributed by atoms with Crippen LogP contribution in [0.4, 0.5) is 0 Å². The van der Waals surface area contributed by atoms with Crippen molar-refractivity contribution in [2.24, 2.45) is 0 Å². The topological polar surface area (TPSA) is 88.4 Å². The van der Waals surface area contributed by atoms with Crippen molar-refractivity contribution in [1.29, 1.82) is 0 Å². The van der Waals surface area contributed by atoms with Crippen LogP contribution in [0.2, 0.25) is 0 Å². The Hall–Kier alpha value is -2.58. The number of halogens is 1. The fourth-order valence-corrected chi connectivity index (χ4v) is 4.33. The van der Waals surface area contributed by atoms with Crippen molar-refractivity contribution in [3.63, 3.8) is 0 Å². The number of carboxylic acids is 1. The molecule has 0 bridgehead atoms. The number of thiophene rings is 1. The van der Waals surface area contributed by atoms with Gasteiger partial charge in [0.15, 0.2) is 0 Å². The molecule has 1 aromatic carbocycles. The predicted octanol–water partition coefficient (Wildman–Crippen LogP) is 5.20. The molecule has 0 radical (unpaired) electrons. The number of aryl methyl sites for hydroxylation is 1. The van der Waals surface area contributed by atoms with Gasteiger partial charge in [-0.15, -0.1) is 11.3 Å². The third-order valence-corrected chi connectivity index (χ3v) is 5.98. The molecule has 8 heteroatoms. The van der Waals surface area contributed by atoms with Gasteiger partial charge in [-0.05, 0) is 58.7 Å². The normalized spacial score (nSPS) is 11.2. The summed E-state index contributed by atoms with van der Waals surface area (Å²) in [6, 6.07) is 9.57. The van der Waals surface area contributed by atoms with Crippen LogP contribution in [0.3, 0.4) is 0 Å². The maximum atomic E-state index is 11.0. The molecule has 3 aromatic heterocycles. The number of benzene rings is 1. The molecule has 28 heavy (non-hydrogen) atoms. The molecular weight excluding hydrogens is 444 g/mol. The molecule has 0 amide bonds. The van der Waals surface area contributed by atoms with Crippen molar-refractivity contribution in [3.05, 3.63) is 57.3 Å². The Morgan fingerprint density at radius 1 is 1.36 bits per heavy atom. The quantitative estimate of drug-likeness (QED) is 0.395. The number of ether oxygens (including phenoxy) is 1. The summed E-state index contributed by atoms with van der Waals surface area (Å²) in [7, 11) is 0. The van der Waals surface area contributed by atoms with E-state index in [1.54, 1.807) is 17.5 Å². The Morgan fingerprint density at radius 2 is 2.21 bits per heavy atom. The van der Waals surface area contributed by atoms with Crippen LogP contribution in [0, 0.1) is 6.92 Å². The van der Waals surface area contributed by atoms with Crippen LogP contribution in [0.15, 0.2) is 44.7 Å². The van der Waals surface area contributed by atoms with Crippen molar-refractivity contribution >= 4 is 44.1 Å².